The summed E-state index contributed by atoms with van der Waals surface area (Å²) < 4.78 is 0. The summed E-state index contributed by atoms with van der Waals surface area (Å²) in [4.78, 5) is 12.4. The summed E-state index contributed by atoms with van der Waals surface area (Å²) in [7, 11) is 0. The van der Waals surface area contributed by atoms with Crippen molar-refractivity contribution in [3.05, 3.63) is 83.6 Å². The summed E-state index contributed by atoms with van der Waals surface area (Å²) in [5, 5.41) is 2.10. The molecule has 0 saturated heterocycles. The lowest BCUT2D eigenvalue weighted by molar-refractivity contribution is 1.17. The fourth-order valence-corrected chi connectivity index (χ4v) is 4.29. The second-order valence-electron chi connectivity index (χ2n) is 5.21. The molecule has 0 amide bonds. The van der Waals surface area contributed by atoms with E-state index in [0.29, 0.717) is 0 Å². The van der Waals surface area contributed by atoms with Gasteiger partial charge in [0, 0.05) is 21.5 Å². The van der Waals surface area contributed by atoms with Gasteiger partial charge in [-0.1, -0.05) is 48.6 Å². The number of benzene rings is 1. The van der Waals surface area contributed by atoms with E-state index in [2.05, 4.69) is 63.9 Å². The molecule has 0 radical (unpaired) electrons. The Kier molecular flexibility index (Phi) is 4.32. The Balaban J connectivity index is 1.68. The van der Waals surface area contributed by atoms with Crippen LogP contribution in [0.5, 0.6) is 0 Å². The second-order valence-corrected chi connectivity index (χ2v) is 7.24. The van der Waals surface area contributed by atoms with Crippen molar-refractivity contribution in [2.45, 2.75) is 0 Å². The maximum absolute atomic E-state index is 4.51. The van der Waals surface area contributed by atoms with E-state index in [1.807, 2.05) is 24.4 Å². The quantitative estimate of drug-likeness (QED) is 0.446. The first-order valence-corrected chi connectivity index (χ1v) is 9.27. The van der Waals surface area contributed by atoms with Crippen molar-refractivity contribution in [1.82, 2.24) is 9.97 Å². The predicted octanol–water partition coefficient (Wildman–Crippen LogP) is 6.10. The molecule has 4 rings (SSSR count). The van der Waals surface area contributed by atoms with Crippen molar-refractivity contribution in [2.24, 2.45) is 0 Å². The molecule has 0 saturated carbocycles. The molecule has 2 nitrogen and oxygen atoms in total. The van der Waals surface area contributed by atoms with Crippen molar-refractivity contribution in [1.29, 1.82) is 0 Å². The summed E-state index contributed by atoms with van der Waals surface area (Å²) in [5.41, 5.74) is 3.17. The summed E-state index contributed by atoms with van der Waals surface area (Å²) in [6, 6.07) is 18.8. The van der Waals surface area contributed by atoms with E-state index in [4.69, 9.17) is 0 Å². The van der Waals surface area contributed by atoms with Crippen LogP contribution in [-0.2, 0) is 0 Å². The number of hydrogen-bond acceptors (Lipinski definition) is 4. The van der Waals surface area contributed by atoms with Crippen LogP contribution in [0.15, 0.2) is 72.5 Å². The highest BCUT2D eigenvalue weighted by Gasteiger charge is 2.09. The van der Waals surface area contributed by atoms with E-state index >= 15 is 0 Å². The molecular formula is C20H14N2S2. The van der Waals surface area contributed by atoms with E-state index in [0.717, 1.165) is 21.7 Å². The van der Waals surface area contributed by atoms with Gasteiger partial charge in [-0.2, -0.15) is 0 Å². The lowest BCUT2D eigenvalue weighted by Crippen LogP contribution is -1.87. The largest absolute Gasteiger partial charge is 0.244 e. The van der Waals surface area contributed by atoms with Gasteiger partial charge in [-0.05, 0) is 29.1 Å². The first kappa shape index (κ1) is 15.0. The Hall–Kier alpha value is -2.56. The topological polar surface area (TPSA) is 25.8 Å². The molecule has 4 aromatic rings. The number of rotatable bonds is 4. The smallest absolute Gasteiger partial charge is 0.116 e. The van der Waals surface area contributed by atoms with Crippen LogP contribution in [0.1, 0.15) is 11.1 Å². The van der Waals surface area contributed by atoms with Gasteiger partial charge in [0.1, 0.15) is 6.33 Å². The average molecular weight is 346 g/mol. The Morgan fingerprint density at radius 1 is 0.792 bits per heavy atom. The minimum absolute atomic E-state index is 0.977. The predicted molar refractivity (Wildman–Crippen MR) is 104 cm³/mol. The van der Waals surface area contributed by atoms with Crippen LogP contribution < -0.4 is 0 Å². The lowest BCUT2D eigenvalue weighted by Gasteiger charge is -2.01. The SMILES string of the molecule is C(=C\c1cncnc1-c1ccc(-c2cccs2)s1)/c1ccccc1. The van der Waals surface area contributed by atoms with Crippen LogP contribution in [0.4, 0.5) is 0 Å². The van der Waals surface area contributed by atoms with E-state index in [1.54, 1.807) is 29.0 Å². The highest BCUT2D eigenvalue weighted by Crippen LogP contribution is 2.36. The van der Waals surface area contributed by atoms with Gasteiger partial charge in [-0.25, -0.2) is 9.97 Å². The van der Waals surface area contributed by atoms with Crippen molar-refractivity contribution < 1.29 is 0 Å². The van der Waals surface area contributed by atoms with Gasteiger partial charge in [0.05, 0.1) is 10.6 Å². The summed E-state index contributed by atoms with van der Waals surface area (Å²) in [5.74, 6) is 0. The fraction of sp³-hybridized carbons (Fsp3) is 0. The van der Waals surface area contributed by atoms with Gasteiger partial charge in [-0.3, -0.25) is 0 Å². The van der Waals surface area contributed by atoms with E-state index in [-0.39, 0.29) is 0 Å². The Morgan fingerprint density at radius 3 is 2.50 bits per heavy atom. The lowest BCUT2D eigenvalue weighted by atomic mass is 10.1. The summed E-state index contributed by atoms with van der Waals surface area (Å²) in [6.45, 7) is 0. The Labute approximate surface area is 148 Å². The maximum Gasteiger partial charge on any atom is 0.116 e. The normalized spacial score (nSPS) is 11.2. The summed E-state index contributed by atoms with van der Waals surface area (Å²) in [6.07, 6.45) is 7.65. The third-order valence-electron chi connectivity index (χ3n) is 3.60. The summed E-state index contributed by atoms with van der Waals surface area (Å²) >= 11 is 3.53. The van der Waals surface area contributed by atoms with Crippen LogP contribution in [0.25, 0.3) is 32.5 Å². The molecule has 0 N–H and O–H groups in total. The minimum atomic E-state index is 0.977. The molecule has 0 aliphatic carbocycles. The number of hydrogen-bond donors (Lipinski definition) is 0. The number of aromatic nitrogens is 2. The molecule has 0 atom stereocenters. The molecule has 0 fully saturated rings. The average Bonchev–Trinajstić information content (AvgIpc) is 3.32. The number of nitrogens with zero attached hydrogens (tertiary/aromatic N) is 2. The molecule has 0 aliphatic heterocycles. The zero-order valence-corrected chi connectivity index (χ0v) is 14.4. The molecule has 116 valence electrons. The highest BCUT2D eigenvalue weighted by atomic mass is 32.1. The van der Waals surface area contributed by atoms with Gasteiger partial charge in [-0.15, -0.1) is 22.7 Å². The molecular weight excluding hydrogens is 332 g/mol. The molecule has 3 aromatic heterocycles. The van der Waals surface area contributed by atoms with E-state index < -0.39 is 0 Å². The molecule has 3 heterocycles. The van der Waals surface area contributed by atoms with Crippen molar-refractivity contribution in [3.63, 3.8) is 0 Å². The monoisotopic (exact) mass is 346 g/mol. The third-order valence-corrected chi connectivity index (χ3v) is 5.76. The standard InChI is InChI=1S/C20H14N2S2/c1-2-5-15(6-3-1)8-9-16-13-21-14-22-20(16)19-11-10-18(24-19)17-7-4-12-23-17/h1-14H/b9-8+. The second kappa shape index (κ2) is 6.91. The molecule has 0 unspecified atom stereocenters. The van der Waals surface area contributed by atoms with E-state index in [1.165, 1.54) is 9.75 Å². The molecule has 1 aromatic carbocycles. The number of thiophene rings is 2. The van der Waals surface area contributed by atoms with Gasteiger partial charge >= 0.3 is 0 Å². The zero-order valence-electron chi connectivity index (χ0n) is 12.8. The van der Waals surface area contributed by atoms with Crippen LogP contribution in [0.2, 0.25) is 0 Å². The Morgan fingerprint density at radius 2 is 1.67 bits per heavy atom. The first-order chi connectivity index (χ1) is 11.9. The first-order valence-electron chi connectivity index (χ1n) is 7.57. The van der Waals surface area contributed by atoms with Crippen molar-refractivity contribution in [3.8, 4) is 20.3 Å². The van der Waals surface area contributed by atoms with E-state index in [9.17, 15) is 0 Å². The maximum atomic E-state index is 4.51. The molecule has 0 aliphatic rings. The van der Waals surface area contributed by atoms with Crippen LogP contribution in [0, 0.1) is 0 Å². The van der Waals surface area contributed by atoms with Crippen molar-refractivity contribution >= 4 is 34.8 Å². The molecule has 4 heteroatoms. The van der Waals surface area contributed by atoms with Gasteiger partial charge in [0.15, 0.2) is 0 Å². The van der Waals surface area contributed by atoms with Gasteiger partial charge < -0.3 is 0 Å². The van der Waals surface area contributed by atoms with Crippen LogP contribution >= 0.6 is 22.7 Å². The van der Waals surface area contributed by atoms with Gasteiger partial charge in [0.25, 0.3) is 0 Å². The molecule has 0 bridgehead atoms. The fourth-order valence-electron chi connectivity index (χ4n) is 2.43. The van der Waals surface area contributed by atoms with Crippen molar-refractivity contribution in [2.75, 3.05) is 0 Å². The molecule has 0 spiro atoms. The van der Waals surface area contributed by atoms with Crippen LogP contribution in [0.3, 0.4) is 0 Å². The Bertz CT molecular complexity index is 954. The molecule has 24 heavy (non-hydrogen) atoms. The third kappa shape index (κ3) is 3.20. The highest BCUT2D eigenvalue weighted by molar-refractivity contribution is 7.23. The minimum Gasteiger partial charge on any atom is -0.244 e. The zero-order chi connectivity index (χ0) is 16.2. The van der Waals surface area contributed by atoms with Crippen LogP contribution in [-0.4, -0.2) is 9.97 Å². The van der Waals surface area contributed by atoms with Gasteiger partial charge in [0.2, 0.25) is 0 Å².